The second kappa shape index (κ2) is 9.73. The molecule has 1 N–H and O–H groups in total. The fourth-order valence-corrected chi connectivity index (χ4v) is 5.53. The Hall–Kier alpha value is -2.95. The molecule has 4 heterocycles. The first-order valence-electron chi connectivity index (χ1n) is 11.5. The van der Waals surface area contributed by atoms with Gasteiger partial charge in [-0.15, -0.1) is 0 Å². The topological polar surface area (TPSA) is 89.1 Å². The molecule has 0 bridgehead atoms. The number of pyridine rings is 1. The summed E-state index contributed by atoms with van der Waals surface area (Å²) >= 11 is 1.45. The molecular weight excluding hydrogens is 454 g/mol. The maximum Gasteiger partial charge on any atom is 0.257 e. The summed E-state index contributed by atoms with van der Waals surface area (Å²) in [6.07, 6.45) is 1.90. The Morgan fingerprint density at radius 3 is 2.65 bits per heavy atom. The van der Waals surface area contributed by atoms with Gasteiger partial charge >= 0.3 is 0 Å². The van der Waals surface area contributed by atoms with E-state index in [4.69, 9.17) is 19.2 Å². The average molecular weight is 484 g/mol. The number of morpholine rings is 2. The van der Waals surface area contributed by atoms with Gasteiger partial charge in [0, 0.05) is 37.9 Å². The highest BCUT2D eigenvalue weighted by atomic mass is 32.1. The van der Waals surface area contributed by atoms with Crippen LogP contribution < -0.4 is 19.9 Å². The van der Waals surface area contributed by atoms with Crippen LogP contribution in [-0.2, 0) is 9.47 Å². The number of rotatable bonds is 5. The first-order valence-corrected chi connectivity index (χ1v) is 12.3. The molecule has 2 aliphatic heterocycles. The number of nitrogens with one attached hydrogen (secondary N) is 1. The summed E-state index contributed by atoms with van der Waals surface area (Å²) in [7, 11) is 1.63. The van der Waals surface area contributed by atoms with Crippen LogP contribution >= 0.6 is 11.3 Å². The molecule has 3 aromatic rings. The zero-order valence-corrected chi connectivity index (χ0v) is 20.4. The number of anilines is 3. The molecule has 9 nitrogen and oxygen atoms in total. The van der Waals surface area contributed by atoms with Crippen molar-refractivity contribution in [1.82, 2.24) is 9.97 Å². The van der Waals surface area contributed by atoms with Crippen molar-refractivity contribution in [3.8, 4) is 5.75 Å². The van der Waals surface area contributed by atoms with Gasteiger partial charge in [-0.3, -0.25) is 10.1 Å². The Labute approximate surface area is 202 Å². The summed E-state index contributed by atoms with van der Waals surface area (Å²) < 4.78 is 17.8. The standard InChI is InChI=1S/C24H29N5O4S/c1-15-13-29(14-16(2)33-15)20-12-17(6-7-25-20)23(30)27-24-26-21-19(31-3)5-4-18(22(21)34-24)28-8-10-32-11-9-28/h4-7,12,15-16H,8-11,13-14H2,1-3H3,(H,26,27,30)/t15-,16+. The molecule has 2 aromatic heterocycles. The second-order valence-electron chi connectivity index (χ2n) is 8.60. The lowest BCUT2D eigenvalue weighted by atomic mass is 10.2. The van der Waals surface area contributed by atoms with E-state index in [0.717, 1.165) is 47.9 Å². The van der Waals surface area contributed by atoms with Crippen molar-refractivity contribution >= 4 is 44.1 Å². The van der Waals surface area contributed by atoms with E-state index in [1.54, 1.807) is 19.4 Å². The van der Waals surface area contributed by atoms with Crippen LogP contribution in [0, 0.1) is 0 Å². The predicted octanol–water partition coefficient (Wildman–Crippen LogP) is 3.40. The van der Waals surface area contributed by atoms with Gasteiger partial charge in [-0.1, -0.05) is 11.3 Å². The van der Waals surface area contributed by atoms with E-state index in [1.807, 2.05) is 26.0 Å². The van der Waals surface area contributed by atoms with Gasteiger partial charge in [0.1, 0.15) is 17.1 Å². The number of aromatic nitrogens is 2. The maximum absolute atomic E-state index is 13.1. The Morgan fingerprint density at radius 1 is 1.15 bits per heavy atom. The molecule has 2 aliphatic rings. The van der Waals surface area contributed by atoms with Gasteiger partial charge in [0.15, 0.2) is 5.13 Å². The number of thiazole rings is 1. The summed E-state index contributed by atoms with van der Waals surface area (Å²) in [4.78, 5) is 26.8. The fraction of sp³-hybridized carbons (Fsp3) is 0.458. The quantitative estimate of drug-likeness (QED) is 0.591. The molecule has 0 radical (unpaired) electrons. The van der Waals surface area contributed by atoms with Crippen molar-refractivity contribution in [2.45, 2.75) is 26.1 Å². The molecule has 0 saturated carbocycles. The smallest absolute Gasteiger partial charge is 0.257 e. The third-order valence-corrected chi connectivity index (χ3v) is 7.02. The Bertz CT molecular complexity index is 1170. The summed E-state index contributed by atoms with van der Waals surface area (Å²) in [6, 6.07) is 7.53. The molecule has 34 heavy (non-hydrogen) atoms. The number of carbonyl (C=O) groups is 1. The number of benzene rings is 1. The van der Waals surface area contributed by atoms with E-state index in [2.05, 4.69) is 26.2 Å². The minimum absolute atomic E-state index is 0.112. The summed E-state index contributed by atoms with van der Waals surface area (Å²) in [5.41, 5.74) is 2.37. The van der Waals surface area contributed by atoms with Crippen LogP contribution in [0.1, 0.15) is 24.2 Å². The van der Waals surface area contributed by atoms with Crippen LogP contribution in [-0.4, -0.2) is 74.6 Å². The minimum atomic E-state index is -0.219. The molecule has 0 aliphatic carbocycles. The Morgan fingerprint density at radius 2 is 1.91 bits per heavy atom. The van der Waals surface area contributed by atoms with Crippen LogP contribution in [0.4, 0.5) is 16.6 Å². The average Bonchev–Trinajstić information content (AvgIpc) is 3.27. The van der Waals surface area contributed by atoms with Gasteiger partial charge in [-0.25, -0.2) is 9.97 Å². The molecule has 5 rings (SSSR count). The molecular formula is C24H29N5O4S. The predicted molar refractivity (Wildman–Crippen MR) is 134 cm³/mol. The monoisotopic (exact) mass is 483 g/mol. The van der Waals surface area contributed by atoms with E-state index in [-0.39, 0.29) is 18.1 Å². The summed E-state index contributed by atoms with van der Waals surface area (Å²) in [5.74, 6) is 1.24. The number of fused-ring (bicyclic) bond motifs is 1. The SMILES string of the molecule is COc1ccc(N2CCOCC2)c2sc(NC(=O)c3ccnc(N4C[C@@H](C)O[C@@H](C)C4)c3)nc12. The number of hydrogen-bond donors (Lipinski definition) is 1. The second-order valence-corrected chi connectivity index (χ2v) is 9.60. The lowest BCUT2D eigenvalue weighted by molar-refractivity contribution is -0.00545. The molecule has 2 atom stereocenters. The van der Waals surface area contributed by atoms with Crippen LogP contribution in [0.15, 0.2) is 30.5 Å². The van der Waals surface area contributed by atoms with Crippen LogP contribution in [0.2, 0.25) is 0 Å². The number of amides is 1. The summed E-state index contributed by atoms with van der Waals surface area (Å²) in [6.45, 7) is 8.60. The molecule has 0 unspecified atom stereocenters. The molecule has 1 amide bonds. The van der Waals surface area contributed by atoms with Gasteiger partial charge in [0.25, 0.3) is 5.91 Å². The highest BCUT2D eigenvalue weighted by molar-refractivity contribution is 7.23. The third kappa shape index (κ3) is 4.66. The van der Waals surface area contributed by atoms with Gasteiger partial charge in [0.2, 0.25) is 0 Å². The van der Waals surface area contributed by atoms with E-state index < -0.39 is 0 Å². The van der Waals surface area contributed by atoms with E-state index in [0.29, 0.717) is 29.7 Å². The lowest BCUT2D eigenvalue weighted by Crippen LogP contribution is -2.45. The zero-order chi connectivity index (χ0) is 23.7. The number of carbonyl (C=O) groups excluding carboxylic acids is 1. The maximum atomic E-state index is 13.1. The molecule has 2 fully saturated rings. The number of methoxy groups -OCH3 is 1. The van der Waals surface area contributed by atoms with Crippen molar-refractivity contribution in [1.29, 1.82) is 0 Å². The largest absolute Gasteiger partial charge is 0.494 e. The first kappa shape index (κ1) is 22.8. The number of ether oxygens (including phenoxy) is 3. The number of hydrogen-bond acceptors (Lipinski definition) is 9. The van der Waals surface area contributed by atoms with Crippen molar-refractivity contribution < 1.29 is 19.0 Å². The summed E-state index contributed by atoms with van der Waals surface area (Å²) in [5, 5.41) is 3.51. The van der Waals surface area contributed by atoms with Crippen molar-refractivity contribution in [2.24, 2.45) is 0 Å². The Balaban J connectivity index is 1.39. The fourth-order valence-electron chi connectivity index (χ4n) is 4.51. The van der Waals surface area contributed by atoms with E-state index >= 15 is 0 Å². The molecule has 2 saturated heterocycles. The Kier molecular flexibility index (Phi) is 6.53. The molecule has 0 spiro atoms. The lowest BCUT2D eigenvalue weighted by Gasteiger charge is -2.36. The minimum Gasteiger partial charge on any atom is -0.494 e. The van der Waals surface area contributed by atoms with Gasteiger partial charge < -0.3 is 24.0 Å². The van der Waals surface area contributed by atoms with E-state index in [1.165, 1.54) is 11.3 Å². The van der Waals surface area contributed by atoms with Crippen molar-refractivity contribution in [3.05, 3.63) is 36.0 Å². The third-order valence-electron chi connectivity index (χ3n) is 6.03. The van der Waals surface area contributed by atoms with Crippen LogP contribution in [0.5, 0.6) is 5.75 Å². The normalized spacial score (nSPS) is 21.0. The first-order chi connectivity index (χ1) is 16.5. The molecule has 1 aromatic carbocycles. The highest BCUT2D eigenvalue weighted by Crippen LogP contribution is 2.39. The number of nitrogens with zero attached hydrogens (tertiary/aromatic N) is 4. The zero-order valence-electron chi connectivity index (χ0n) is 19.6. The highest BCUT2D eigenvalue weighted by Gasteiger charge is 2.24. The molecule has 180 valence electrons. The van der Waals surface area contributed by atoms with Gasteiger partial charge in [0.05, 0.1) is 42.9 Å². The van der Waals surface area contributed by atoms with Crippen molar-refractivity contribution in [2.75, 3.05) is 61.6 Å². The van der Waals surface area contributed by atoms with Crippen molar-refractivity contribution in [3.63, 3.8) is 0 Å². The van der Waals surface area contributed by atoms with Gasteiger partial charge in [-0.2, -0.15) is 0 Å². The van der Waals surface area contributed by atoms with Crippen LogP contribution in [0.3, 0.4) is 0 Å². The molecule has 10 heteroatoms. The van der Waals surface area contributed by atoms with Gasteiger partial charge in [-0.05, 0) is 38.1 Å². The van der Waals surface area contributed by atoms with E-state index in [9.17, 15) is 4.79 Å². The van der Waals surface area contributed by atoms with Crippen LogP contribution in [0.25, 0.3) is 10.2 Å².